The molecule has 0 N–H and O–H groups in total. The monoisotopic (exact) mass is 305 g/mol. The van der Waals surface area contributed by atoms with Gasteiger partial charge in [0, 0.05) is 19.2 Å². The van der Waals surface area contributed by atoms with Crippen LogP contribution in [0, 0.1) is 15.7 Å². The molecule has 0 unspecified atom stereocenters. The van der Waals surface area contributed by atoms with Crippen LogP contribution < -0.4 is 9.91 Å². The summed E-state index contributed by atoms with van der Waals surface area (Å²) in [6.45, 7) is 3.97. The highest BCUT2D eigenvalue weighted by Gasteiger charge is 2.33. The Labute approximate surface area is 128 Å². The van der Waals surface area contributed by atoms with Crippen molar-refractivity contribution < 1.29 is 0 Å². The number of nitroso groups, excluding NO2 is 2. The summed E-state index contributed by atoms with van der Waals surface area (Å²) >= 11 is 0. The summed E-state index contributed by atoms with van der Waals surface area (Å²) < 4.78 is 0. The van der Waals surface area contributed by atoms with Crippen LogP contribution in [0.2, 0.25) is 0 Å². The molecule has 2 atom stereocenters. The first-order chi connectivity index (χ1) is 10.7. The maximum Gasteiger partial charge on any atom is 0.160 e. The Morgan fingerprint density at radius 3 is 2.82 bits per heavy atom. The van der Waals surface area contributed by atoms with Crippen LogP contribution in [0.3, 0.4) is 0 Å². The van der Waals surface area contributed by atoms with Crippen LogP contribution in [0.1, 0.15) is 18.9 Å². The maximum absolute atomic E-state index is 10.8. The lowest BCUT2D eigenvalue weighted by Gasteiger charge is -2.40. The largest absolute Gasteiger partial charge is 0.354 e. The molecule has 0 aliphatic carbocycles. The maximum atomic E-state index is 10.8. The zero-order valence-electron chi connectivity index (χ0n) is 12.7. The van der Waals surface area contributed by atoms with Crippen LogP contribution in [0.5, 0.6) is 0 Å². The topological polar surface area (TPSA) is 94.4 Å². The van der Waals surface area contributed by atoms with E-state index in [-0.39, 0.29) is 6.04 Å². The molecule has 118 valence electrons. The van der Waals surface area contributed by atoms with Gasteiger partial charge in [0.15, 0.2) is 5.82 Å². The summed E-state index contributed by atoms with van der Waals surface area (Å²) in [5.74, 6) is 1.82. The minimum atomic E-state index is 0.142. The molecule has 0 bridgehead atoms. The van der Waals surface area contributed by atoms with E-state index < -0.39 is 0 Å². The lowest BCUT2D eigenvalue weighted by atomic mass is 9.93. The number of fused-ring (bicyclic) bond motifs is 1. The summed E-state index contributed by atoms with van der Waals surface area (Å²) in [6.07, 6.45) is 3.06. The van der Waals surface area contributed by atoms with Crippen molar-refractivity contribution in [2.75, 3.05) is 36.6 Å². The van der Waals surface area contributed by atoms with Crippen LogP contribution in [0.25, 0.3) is 0 Å². The second kappa shape index (κ2) is 5.82. The van der Waals surface area contributed by atoms with E-state index in [1.165, 1.54) is 11.3 Å². The molecular formula is C13H19N7O2. The number of likely N-dealkylation sites (N-methyl/N-ethyl adjacent to an activating group) is 1. The van der Waals surface area contributed by atoms with E-state index in [0.717, 1.165) is 17.8 Å². The zero-order chi connectivity index (χ0) is 15.7. The van der Waals surface area contributed by atoms with E-state index in [4.69, 9.17) is 0 Å². The molecule has 0 spiro atoms. The van der Waals surface area contributed by atoms with Gasteiger partial charge in [0.2, 0.25) is 0 Å². The van der Waals surface area contributed by atoms with E-state index in [1.54, 1.807) is 5.01 Å². The number of hydrogen-bond donors (Lipinski definition) is 0. The second-order valence-electron chi connectivity index (χ2n) is 5.89. The molecule has 2 aliphatic rings. The molecule has 2 aliphatic heterocycles. The second-order valence-corrected chi connectivity index (χ2v) is 5.89. The summed E-state index contributed by atoms with van der Waals surface area (Å²) in [5, 5.41) is 8.97. The lowest BCUT2D eigenvalue weighted by Crippen LogP contribution is -2.49. The Hall–Kier alpha value is -2.32. The highest BCUT2D eigenvalue weighted by molar-refractivity contribution is 5.63. The Kier molecular flexibility index (Phi) is 3.86. The SMILES string of the molecule is C[C@H]1CCN(N=O)C[C@H]1N(C)c1ncnc2c1CCN2N=O. The Bertz CT molecular complexity index is 582. The van der Waals surface area contributed by atoms with Crippen LogP contribution in [0.4, 0.5) is 11.6 Å². The fourth-order valence-electron chi connectivity index (χ4n) is 3.31. The predicted octanol–water partition coefficient (Wildman–Crippen LogP) is 1.35. The van der Waals surface area contributed by atoms with Gasteiger partial charge in [0.1, 0.15) is 12.1 Å². The summed E-state index contributed by atoms with van der Waals surface area (Å²) in [6, 6.07) is 0.142. The standard InChI is InChI=1S/C13H19N7O2/c1-9-3-5-19(16-21)7-11(9)18(2)12-10-4-6-20(17-22)13(10)15-8-14-12/h8-9,11H,3-7H2,1-2H3/t9-,11+/m0/s1. The van der Waals surface area contributed by atoms with Crippen LogP contribution in [-0.4, -0.2) is 47.7 Å². The molecule has 22 heavy (non-hydrogen) atoms. The molecule has 1 aromatic heterocycles. The third-order valence-corrected chi connectivity index (χ3v) is 4.66. The van der Waals surface area contributed by atoms with Crippen molar-refractivity contribution in [1.29, 1.82) is 0 Å². The Morgan fingerprint density at radius 1 is 1.27 bits per heavy atom. The van der Waals surface area contributed by atoms with E-state index in [2.05, 4.69) is 32.4 Å². The van der Waals surface area contributed by atoms with Crippen molar-refractivity contribution in [1.82, 2.24) is 15.0 Å². The number of hydrogen-bond acceptors (Lipinski definition) is 7. The van der Waals surface area contributed by atoms with Gasteiger partial charge in [-0.15, -0.1) is 9.81 Å². The predicted molar refractivity (Wildman–Crippen MR) is 82.2 cm³/mol. The van der Waals surface area contributed by atoms with Gasteiger partial charge in [-0.2, -0.15) is 0 Å². The van der Waals surface area contributed by atoms with E-state index in [0.29, 0.717) is 37.8 Å². The van der Waals surface area contributed by atoms with Crippen molar-refractivity contribution in [3.8, 4) is 0 Å². The minimum absolute atomic E-state index is 0.142. The summed E-state index contributed by atoms with van der Waals surface area (Å²) in [7, 11) is 1.97. The number of nitrogens with zero attached hydrogens (tertiary/aromatic N) is 7. The van der Waals surface area contributed by atoms with Crippen LogP contribution in [0.15, 0.2) is 16.9 Å². The quantitative estimate of drug-likeness (QED) is 0.775. The fraction of sp³-hybridized carbons (Fsp3) is 0.692. The number of rotatable bonds is 4. The average Bonchev–Trinajstić information content (AvgIpc) is 2.97. The Morgan fingerprint density at radius 2 is 2.09 bits per heavy atom. The smallest absolute Gasteiger partial charge is 0.160 e. The highest BCUT2D eigenvalue weighted by Crippen LogP contribution is 2.34. The fourth-order valence-corrected chi connectivity index (χ4v) is 3.31. The van der Waals surface area contributed by atoms with Crippen LogP contribution in [-0.2, 0) is 6.42 Å². The summed E-state index contributed by atoms with van der Waals surface area (Å²) in [5.41, 5.74) is 0.938. The normalized spacial score (nSPS) is 24.1. The molecular weight excluding hydrogens is 286 g/mol. The Balaban J connectivity index is 1.89. The number of anilines is 2. The van der Waals surface area contributed by atoms with Crippen molar-refractivity contribution in [2.45, 2.75) is 25.8 Å². The number of piperidine rings is 1. The van der Waals surface area contributed by atoms with Gasteiger partial charge in [0.25, 0.3) is 0 Å². The minimum Gasteiger partial charge on any atom is -0.354 e. The van der Waals surface area contributed by atoms with Crippen molar-refractivity contribution in [3.05, 3.63) is 21.7 Å². The first kappa shape index (κ1) is 14.6. The van der Waals surface area contributed by atoms with Gasteiger partial charge in [-0.25, -0.2) is 15.0 Å². The zero-order valence-corrected chi connectivity index (χ0v) is 12.7. The molecule has 9 nitrogen and oxygen atoms in total. The molecule has 1 fully saturated rings. The van der Waals surface area contributed by atoms with Gasteiger partial charge in [0.05, 0.1) is 29.7 Å². The molecule has 0 radical (unpaired) electrons. The van der Waals surface area contributed by atoms with Gasteiger partial charge in [-0.1, -0.05) is 6.92 Å². The average molecular weight is 305 g/mol. The van der Waals surface area contributed by atoms with E-state index in [1.807, 2.05) is 7.05 Å². The van der Waals surface area contributed by atoms with Crippen molar-refractivity contribution in [3.63, 3.8) is 0 Å². The first-order valence-corrected chi connectivity index (χ1v) is 7.41. The van der Waals surface area contributed by atoms with E-state index >= 15 is 0 Å². The molecule has 3 heterocycles. The molecule has 0 saturated carbocycles. The molecule has 3 rings (SSSR count). The van der Waals surface area contributed by atoms with Crippen molar-refractivity contribution in [2.24, 2.45) is 16.5 Å². The first-order valence-electron chi connectivity index (χ1n) is 7.41. The summed E-state index contributed by atoms with van der Waals surface area (Å²) in [4.78, 5) is 32.3. The molecule has 9 heteroatoms. The molecule has 0 aromatic carbocycles. The van der Waals surface area contributed by atoms with Gasteiger partial charge in [-0.3, -0.25) is 5.01 Å². The molecule has 0 amide bonds. The highest BCUT2D eigenvalue weighted by atomic mass is 16.3. The van der Waals surface area contributed by atoms with Crippen LogP contribution >= 0.6 is 0 Å². The van der Waals surface area contributed by atoms with Crippen molar-refractivity contribution >= 4 is 11.6 Å². The lowest BCUT2D eigenvalue weighted by molar-refractivity contribution is 0.169. The van der Waals surface area contributed by atoms with E-state index in [9.17, 15) is 9.81 Å². The van der Waals surface area contributed by atoms with Gasteiger partial charge < -0.3 is 4.90 Å². The molecule has 1 saturated heterocycles. The van der Waals surface area contributed by atoms with Gasteiger partial charge in [-0.05, 0) is 18.8 Å². The van der Waals surface area contributed by atoms with Gasteiger partial charge >= 0.3 is 0 Å². The molecule has 1 aromatic rings. The third-order valence-electron chi connectivity index (χ3n) is 4.66. The number of aromatic nitrogens is 2. The third kappa shape index (κ3) is 2.36.